The van der Waals surface area contributed by atoms with E-state index in [2.05, 4.69) is 15.0 Å². The van der Waals surface area contributed by atoms with E-state index in [1.807, 2.05) is 0 Å². The molecule has 1 aliphatic heterocycles. The Balaban J connectivity index is 1.53. The number of amides is 1. The summed E-state index contributed by atoms with van der Waals surface area (Å²) in [4.78, 5) is 28.2. The zero-order valence-electron chi connectivity index (χ0n) is 15.4. The highest BCUT2D eigenvalue weighted by atomic mass is 32.2. The van der Waals surface area contributed by atoms with Gasteiger partial charge in [-0.25, -0.2) is 12.8 Å². The first kappa shape index (κ1) is 20.5. The van der Waals surface area contributed by atoms with E-state index in [0.717, 1.165) is 0 Å². The second kappa shape index (κ2) is 8.39. The number of carbonyl (C=O) groups is 2. The molecule has 0 radical (unpaired) electrons. The van der Waals surface area contributed by atoms with Gasteiger partial charge in [-0.05, 0) is 31.2 Å². The second-order valence-electron chi connectivity index (χ2n) is 6.18. The van der Waals surface area contributed by atoms with Crippen molar-refractivity contribution >= 4 is 33.4 Å². The van der Waals surface area contributed by atoms with E-state index in [4.69, 9.17) is 4.74 Å². The van der Waals surface area contributed by atoms with Gasteiger partial charge in [0.2, 0.25) is 0 Å². The highest BCUT2D eigenvalue weighted by molar-refractivity contribution is 7.90. The van der Waals surface area contributed by atoms with Crippen molar-refractivity contribution < 1.29 is 27.1 Å². The molecule has 0 saturated heterocycles. The van der Waals surface area contributed by atoms with E-state index in [1.54, 1.807) is 24.3 Å². The largest absolute Gasteiger partial charge is 0.452 e. The lowest BCUT2D eigenvalue weighted by Gasteiger charge is -2.13. The number of anilines is 1. The van der Waals surface area contributed by atoms with Crippen molar-refractivity contribution in [2.45, 2.75) is 24.3 Å². The molecule has 1 amide bonds. The van der Waals surface area contributed by atoms with Crippen molar-refractivity contribution in [1.29, 1.82) is 0 Å². The predicted molar refractivity (Wildman–Crippen MR) is 103 cm³/mol. The molecule has 8 nitrogen and oxygen atoms in total. The summed E-state index contributed by atoms with van der Waals surface area (Å²) in [6.07, 6.45) is -1.30. The average molecular weight is 419 g/mol. The third kappa shape index (κ3) is 4.77. The number of aliphatic imine (C=N–C) groups is 1. The Kier molecular flexibility index (Phi) is 5.92. The predicted octanol–water partition coefficient (Wildman–Crippen LogP) is 1.82. The molecule has 152 valence electrons. The topological polar surface area (TPSA) is 114 Å². The maximum Gasteiger partial charge on any atom is 0.308 e. The molecule has 3 rings (SSSR count). The van der Waals surface area contributed by atoms with Crippen molar-refractivity contribution in [2.24, 2.45) is 4.99 Å². The Morgan fingerprint density at radius 2 is 1.86 bits per heavy atom. The van der Waals surface area contributed by atoms with Gasteiger partial charge in [-0.3, -0.25) is 19.3 Å². The summed E-state index contributed by atoms with van der Waals surface area (Å²) < 4.78 is 44.9. The van der Waals surface area contributed by atoms with Crippen molar-refractivity contribution in [3.63, 3.8) is 0 Å². The van der Waals surface area contributed by atoms with Crippen LogP contribution in [0.5, 0.6) is 0 Å². The molecule has 1 aliphatic rings. The summed E-state index contributed by atoms with van der Waals surface area (Å²) in [5.41, 5.74) is 0.414. The van der Waals surface area contributed by atoms with Gasteiger partial charge in [0.25, 0.3) is 15.9 Å². The number of nitrogens with one attached hydrogen (secondary N) is 2. The number of sulfonamides is 1. The van der Waals surface area contributed by atoms with Gasteiger partial charge in [0, 0.05) is 5.56 Å². The summed E-state index contributed by atoms with van der Waals surface area (Å²) in [7, 11) is -3.65. The SMILES string of the molecule is C[C@@H](OC(=O)CCN=C1NS(=O)(=O)c2ccccc21)C(=O)Nc1ccccc1F. The van der Waals surface area contributed by atoms with Crippen LogP contribution in [-0.4, -0.2) is 38.8 Å². The van der Waals surface area contributed by atoms with Gasteiger partial charge >= 0.3 is 5.97 Å². The molecule has 10 heteroatoms. The van der Waals surface area contributed by atoms with Crippen LogP contribution in [0, 0.1) is 5.82 Å². The van der Waals surface area contributed by atoms with Gasteiger partial charge in [-0.15, -0.1) is 0 Å². The van der Waals surface area contributed by atoms with Gasteiger partial charge in [0.15, 0.2) is 6.10 Å². The van der Waals surface area contributed by atoms with Crippen molar-refractivity contribution in [2.75, 3.05) is 11.9 Å². The fraction of sp³-hybridized carbons (Fsp3) is 0.211. The van der Waals surface area contributed by atoms with Crippen LogP contribution in [0.1, 0.15) is 18.9 Å². The Hall–Kier alpha value is -3.27. The lowest BCUT2D eigenvalue weighted by molar-refractivity contribution is -0.152. The molecule has 2 aromatic carbocycles. The van der Waals surface area contributed by atoms with Gasteiger partial charge in [0.05, 0.1) is 23.5 Å². The molecule has 0 aromatic heterocycles. The number of hydrogen-bond acceptors (Lipinski definition) is 6. The summed E-state index contributed by atoms with van der Waals surface area (Å²) in [6, 6.07) is 12.0. The standard InChI is InChI=1S/C19H18FN3O5S/c1-12(19(25)22-15-8-4-3-7-14(15)20)28-17(24)10-11-21-18-13-6-2-5-9-16(13)29(26,27)23-18/h2-9,12H,10-11H2,1H3,(H,21,23)(H,22,25)/t12-/m1/s1. The fourth-order valence-corrected chi connectivity index (χ4v) is 3.87. The number of amidine groups is 1. The average Bonchev–Trinajstić information content (AvgIpc) is 2.94. The van der Waals surface area contributed by atoms with E-state index in [1.165, 1.54) is 31.2 Å². The van der Waals surface area contributed by atoms with Crippen LogP contribution >= 0.6 is 0 Å². The molecule has 2 N–H and O–H groups in total. The number of nitrogens with zero attached hydrogens (tertiary/aromatic N) is 1. The zero-order chi connectivity index (χ0) is 21.0. The molecule has 0 spiro atoms. The number of benzene rings is 2. The minimum Gasteiger partial charge on any atom is -0.452 e. The van der Waals surface area contributed by atoms with Crippen LogP contribution in [0.15, 0.2) is 58.4 Å². The van der Waals surface area contributed by atoms with E-state index < -0.39 is 33.8 Å². The van der Waals surface area contributed by atoms with Crippen LogP contribution in [0.2, 0.25) is 0 Å². The summed E-state index contributed by atoms with van der Waals surface area (Å²) in [5.74, 6) is -1.82. The first-order valence-corrected chi connectivity index (χ1v) is 10.2. The molecule has 0 saturated carbocycles. The van der Waals surface area contributed by atoms with E-state index in [9.17, 15) is 22.4 Å². The van der Waals surface area contributed by atoms with E-state index >= 15 is 0 Å². The third-order valence-corrected chi connectivity index (χ3v) is 5.45. The Morgan fingerprint density at radius 1 is 1.17 bits per heavy atom. The van der Waals surface area contributed by atoms with Crippen molar-refractivity contribution in [3.05, 3.63) is 59.9 Å². The summed E-state index contributed by atoms with van der Waals surface area (Å²) in [6.45, 7) is 1.33. The number of fused-ring (bicyclic) bond motifs is 1. The first-order valence-electron chi connectivity index (χ1n) is 8.69. The van der Waals surface area contributed by atoms with Gasteiger partial charge in [-0.2, -0.15) is 0 Å². The molecule has 1 heterocycles. The minimum atomic E-state index is -3.65. The second-order valence-corrected chi connectivity index (χ2v) is 7.83. The van der Waals surface area contributed by atoms with Crippen LogP contribution in [-0.2, 0) is 24.3 Å². The molecular weight excluding hydrogens is 401 g/mol. The van der Waals surface area contributed by atoms with E-state index in [-0.39, 0.29) is 29.4 Å². The van der Waals surface area contributed by atoms with Gasteiger partial charge in [-0.1, -0.05) is 24.3 Å². The summed E-state index contributed by atoms with van der Waals surface area (Å²) in [5, 5.41) is 2.34. The number of halogens is 1. The lowest BCUT2D eigenvalue weighted by Crippen LogP contribution is -2.30. The number of rotatable bonds is 6. The lowest BCUT2D eigenvalue weighted by atomic mass is 10.2. The van der Waals surface area contributed by atoms with E-state index in [0.29, 0.717) is 5.56 Å². The normalized spacial score (nSPS) is 16.6. The smallest absolute Gasteiger partial charge is 0.308 e. The number of hydrogen-bond donors (Lipinski definition) is 2. The Labute approximate surface area is 166 Å². The molecule has 29 heavy (non-hydrogen) atoms. The number of esters is 1. The first-order chi connectivity index (χ1) is 13.8. The molecule has 0 unspecified atom stereocenters. The van der Waals surface area contributed by atoms with Crippen molar-refractivity contribution in [1.82, 2.24) is 4.72 Å². The van der Waals surface area contributed by atoms with Crippen LogP contribution in [0.4, 0.5) is 10.1 Å². The third-order valence-electron chi connectivity index (χ3n) is 4.06. The molecule has 2 aromatic rings. The number of para-hydroxylation sites is 1. The number of carbonyl (C=O) groups excluding carboxylic acids is 2. The Bertz CT molecular complexity index is 1080. The molecule has 1 atom stereocenters. The van der Waals surface area contributed by atoms with Gasteiger partial charge in [0.1, 0.15) is 11.7 Å². The maximum atomic E-state index is 13.6. The Morgan fingerprint density at radius 3 is 2.62 bits per heavy atom. The highest BCUT2D eigenvalue weighted by Gasteiger charge is 2.30. The molecule has 0 fully saturated rings. The van der Waals surface area contributed by atoms with Crippen LogP contribution in [0.3, 0.4) is 0 Å². The molecule has 0 aliphatic carbocycles. The zero-order valence-corrected chi connectivity index (χ0v) is 16.2. The maximum absolute atomic E-state index is 13.6. The summed E-state index contributed by atoms with van der Waals surface area (Å²) >= 11 is 0. The minimum absolute atomic E-state index is 0.0148. The quantitative estimate of drug-likeness (QED) is 0.694. The molecule has 0 bridgehead atoms. The van der Waals surface area contributed by atoms with Crippen LogP contribution in [0.25, 0.3) is 0 Å². The van der Waals surface area contributed by atoms with Crippen LogP contribution < -0.4 is 10.0 Å². The fourth-order valence-electron chi connectivity index (χ4n) is 2.62. The number of ether oxygens (including phenoxy) is 1. The monoisotopic (exact) mass is 419 g/mol. The van der Waals surface area contributed by atoms with Gasteiger partial charge < -0.3 is 10.1 Å². The highest BCUT2D eigenvalue weighted by Crippen LogP contribution is 2.22. The molecular formula is C19H18FN3O5S. The van der Waals surface area contributed by atoms with Crippen molar-refractivity contribution in [3.8, 4) is 0 Å².